The SMILES string of the molecule is Cc1ccc(N=Nc2c([O-])c(C(=O)O)cc3ccccc23)cc1S(=O)(=O)O. The Bertz CT molecular complexity index is 1200. The highest BCUT2D eigenvalue weighted by Gasteiger charge is 2.14. The van der Waals surface area contributed by atoms with Gasteiger partial charge in [0.2, 0.25) is 0 Å². The third-order valence-corrected chi connectivity index (χ3v) is 4.92. The molecule has 0 aliphatic rings. The van der Waals surface area contributed by atoms with Gasteiger partial charge in [0.1, 0.15) is 0 Å². The van der Waals surface area contributed by atoms with Crippen molar-refractivity contribution in [3.63, 3.8) is 0 Å². The van der Waals surface area contributed by atoms with Crippen molar-refractivity contribution in [2.24, 2.45) is 10.2 Å². The Labute approximate surface area is 154 Å². The molecular weight excluding hydrogens is 372 g/mol. The summed E-state index contributed by atoms with van der Waals surface area (Å²) in [6.07, 6.45) is 0. The van der Waals surface area contributed by atoms with E-state index in [2.05, 4.69) is 10.2 Å². The van der Waals surface area contributed by atoms with Crippen LogP contribution in [0, 0.1) is 6.92 Å². The summed E-state index contributed by atoms with van der Waals surface area (Å²) >= 11 is 0. The van der Waals surface area contributed by atoms with Crippen LogP contribution in [0.3, 0.4) is 0 Å². The molecule has 3 aromatic carbocycles. The molecule has 0 fully saturated rings. The average Bonchev–Trinajstić information content (AvgIpc) is 2.60. The normalized spacial score (nSPS) is 11.9. The molecule has 3 rings (SSSR count). The highest BCUT2D eigenvalue weighted by atomic mass is 32.2. The van der Waals surface area contributed by atoms with E-state index in [-0.39, 0.29) is 16.3 Å². The second kappa shape index (κ2) is 6.78. The van der Waals surface area contributed by atoms with Crippen molar-refractivity contribution in [3.8, 4) is 5.75 Å². The summed E-state index contributed by atoms with van der Waals surface area (Å²) in [6, 6.07) is 11.9. The summed E-state index contributed by atoms with van der Waals surface area (Å²) in [4.78, 5) is 11.0. The monoisotopic (exact) mass is 385 g/mol. The number of carboxylic acids is 1. The molecule has 2 N–H and O–H groups in total. The number of benzene rings is 3. The Morgan fingerprint density at radius 3 is 2.44 bits per heavy atom. The van der Waals surface area contributed by atoms with E-state index < -0.39 is 27.4 Å². The van der Waals surface area contributed by atoms with Crippen LogP contribution >= 0.6 is 0 Å². The molecule has 0 aliphatic carbocycles. The molecule has 0 radical (unpaired) electrons. The molecule has 0 aromatic heterocycles. The molecule has 0 amide bonds. The van der Waals surface area contributed by atoms with E-state index in [1.165, 1.54) is 25.1 Å². The first-order valence-electron chi connectivity index (χ1n) is 7.64. The molecular formula is C18H13N2O6S-. The van der Waals surface area contributed by atoms with E-state index >= 15 is 0 Å². The number of aromatic carboxylic acids is 1. The van der Waals surface area contributed by atoms with Crippen LogP contribution in [0.15, 0.2) is 63.7 Å². The van der Waals surface area contributed by atoms with Crippen LogP contribution in [-0.4, -0.2) is 24.0 Å². The second-order valence-corrected chi connectivity index (χ2v) is 7.14. The number of carbonyl (C=O) groups is 1. The summed E-state index contributed by atoms with van der Waals surface area (Å²) in [5, 5.41) is 30.3. The zero-order valence-corrected chi connectivity index (χ0v) is 14.8. The fraction of sp³-hybridized carbons (Fsp3) is 0.0556. The molecule has 0 saturated heterocycles. The first-order chi connectivity index (χ1) is 12.7. The number of hydrogen-bond donors (Lipinski definition) is 2. The second-order valence-electron chi connectivity index (χ2n) is 5.75. The van der Waals surface area contributed by atoms with Gasteiger partial charge in [0.15, 0.2) is 0 Å². The van der Waals surface area contributed by atoms with Gasteiger partial charge in [0, 0.05) is 5.39 Å². The lowest BCUT2D eigenvalue weighted by Crippen LogP contribution is -2.04. The van der Waals surface area contributed by atoms with Crippen molar-refractivity contribution >= 4 is 38.2 Å². The standard InChI is InChI=1S/C18H14N2O6S/c1-10-6-7-12(9-15(10)27(24,25)26)19-20-16-13-5-3-2-4-11(13)8-14(17(16)21)18(22)23/h2-9,21H,1H3,(H,22,23)(H,24,25,26)/p-1. The fourth-order valence-electron chi connectivity index (χ4n) is 2.60. The predicted molar refractivity (Wildman–Crippen MR) is 95.5 cm³/mol. The zero-order chi connectivity index (χ0) is 19.8. The van der Waals surface area contributed by atoms with E-state index in [1.807, 2.05) is 0 Å². The minimum Gasteiger partial charge on any atom is -0.870 e. The molecule has 0 heterocycles. The minimum atomic E-state index is -4.44. The minimum absolute atomic E-state index is 0.0810. The van der Waals surface area contributed by atoms with Gasteiger partial charge >= 0.3 is 5.97 Å². The van der Waals surface area contributed by atoms with Gasteiger partial charge in [-0.05, 0) is 36.1 Å². The molecule has 0 spiro atoms. The Morgan fingerprint density at radius 1 is 1.07 bits per heavy atom. The molecule has 27 heavy (non-hydrogen) atoms. The number of azo groups is 1. The molecule has 0 unspecified atom stereocenters. The van der Waals surface area contributed by atoms with Gasteiger partial charge in [-0.15, -0.1) is 0 Å². The number of nitrogens with zero attached hydrogens (tertiary/aromatic N) is 2. The van der Waals surface area contributed by atoms with E-state index in [4.69, 9.17) is 0 Å². The van der Waals surface area contributed by atoms with Crippen LogP contribution in [0.4, 0.5) is 11.4 Å². The largest absolute Gasteiger partial charge is 0.870 e. The maximum Gasteiger partial charge on any atom is 0.335 e. The number of fused-ring (bicyclic) bond motifs is 1. The predicted octanol–water partition coefficient (Wildman–Crippen LogP) is 3.58. The van der Waals surface area contributed by atoms with E-state index in [1.54, 1.807) is 24.3 Å². The van der Waals surface area contributed by atoms with E-state index in [0.717, 1.165) is 6.07 Å². The van der Waals surface area contributed by atoms with Crippen molar-refractivity contribution in [1.29, 1.82) is 0 Å². The van der Waals surface area contributed by atoms with Gasteiger partial charge in [-0.25, -0.2) is 4.79 Å². The topological polar surface area (TPSA) is 139 Å². The molecule has 0 aliphatic heterocycles. The van der Waals surface area contributed by atoms with Crippen molar-refractivity contribution in [1.82, 2.24) is 0 Å². The Kier molecular flexibility index (Phi) is 4.64. The molecule has 9 heteroatoms. The highest BCUT2D eigenvalue weighted by Crippen LogP contribution is 2.37. The van der Waals surface area contributed by atoms with Crippen LogP contribution in [0.5, 0.6) is 5.75 Å². The molecule has 0 atom stereocenters. The maximum atomic E-state index is 12.5. The summed E-state index contributed by atoms with van der Waals surface area (Å²) in [5.41, 5.74) is -0.207. The molecule has 3 aromatic rings. The van der Waals surface area contributed by atoms with Gasteiger partial charge in [-0.2, -0.15) is 18.6 Å². The third kappa shape index (κ3) is 3.64. The number of aryl methyl sites for hydroxylation is 1. The number of hydrogen-bond acceptors (Lipinski definition) is 6. The fourth-order valence-corrected chi connectivity index (χ4v) is 3.35. The number of carboxylic acid groups (broad SMARTS) is 1. The Balaban J connectivity index is 2.17. The van der Waals surface area contributed by atoms with Crippen LogP contribution in [0.25, 0.3) is 10.8 Å². The van der Waals surface area contributed by atoms with Crippen molar-refractivity contribution in [2.45, 2.75) is 11.8 Å². The first-order valence-corrected chi connectivity index (χ1v) is 9.08. The lowest BCUT2D eigenvalue weighted by Gasteiger charge is -2.15. The lowest BCUT2D eigenvalue weighted by atomic mass is 10.0. The smallest absolute Gasteiger partial charge is 0.335 e. The first kappa shape index (κ1) is 18.5. The Morgan fingerprint density at radius 2 is 1.78 bits per heavy atom. The summed E-state index contributed by atoms with van der Waals surface area (Å²) in [7, 11) is -4.44. The lowest BCUT2D eigenvalue weighted by molar-refractivity contribution is -0.267. The molecule has 138 valence electrons. The van der Waals surface area contributed by atoms with Crippen LogP contribution in [-0.2, 0) is 10.1 Å². The Hall–Kier alpha value is -3.30. The molecule has 8 nitrogen and oxygen atoms in total. The van der Waals surface area contributed by atoms with Gasteiger partial charge in [-0.1, -0.05) is 36.1 Å². The van der Waals surface area contributed by atoms with Gasteiger partial charge in [0.25, 0.3) is 10.1 Å². The molecule has 0 bridgehead atoms. The van der Waals surface area contributed by atoms with E-state index in [9.17, 15) is 28.0 Å². The summed E-state index contributed by atoms with van der Waals surface area (Å²) < 4.78 is 32.0. The highest BCUT2D eigenvalue weighted by molar-refractivity contribution is 7.85. The van der Waals surface area contributed by atoms with Crippen LogP contribution < -0.4 is 5.11 Å². The van der Waals surface area contributed by atoms with Crippen molar-refractivity contribution in [3.05, 3.63) is 59.7 Å². The third-order valence-electron chi connectivity index (χ3n) is 3.92. The molecule has 0 saturated carbocycles. The summed E-state index contributed by atoms with van der Waals surface area (Å²) in [5.74, 6) is -2.18. The van der Waals surface area contributed by atoms with Gasteiger partial charge < -0.3 is 10.2 Å². The average molecular weight is 385 g/mol. The van der Waals surface area contributed by atoms with Gasteiger partial charge in [-0.3, -0.25) is 4.55 Å². The van der Waals surface area contributed by atoms with Gasteiger partial charge in [0.05, 0.1) is 21.8 Å². The number of rotatable bonds is 4. The quantitative estimate of drug-likeness (QED) is 0.520. The van der Waals surface area contributed by atoms with Crippen molar-refractivity contribution < 1.29 is 28.0 Å². The van der Waals surface area contributed by atoms with Crippen LogP contribution in [0.2, 0.25) is 0 Å². The zero-order valence-electron chi connectivity index (χ0n) is 13.9. The van der Waals surface area contributed by atoms with Crippen molar-refractivity contribution in [2.75, 3.05) is 0 Å². The maximum absolute atomic E-state index is 12.5. The summed E-state index contributed by atoms with van der Waals surface area (Å²) in [6.45, 7) is 1.50. The van der Waals surface area contributed by atoms with E-state index in [0.29, 0.717) is 16.3 Å². The van der Waals surface area contributed by atoms with Crippen LogP contribution in [0.1, 0.15) is 15.9 Å².